The molecule has 1 heterocycles. The average molecular weight is 310 g/mol. The molecule has 0 fully saturated rings. The molecule has 0 radical (unpaired) electrons. The number of hydrogen-bond donors (Lipinski definition) is 1. The number of carboxylic acids is 1. The fourth-order valence-corrected chi connectivity index (χ4v) is 1.92. The maximum Gasteiger partial charge on any atom is 0.370 e. The topological polar surface area (TPSA) is 41.2 Å². The second-order valence-corrected chi connectivity index (χ2v) is 4.47. The van der Waals surface area contributed by atoms with Crippen LogP contribution in [0.3, 0.4) is 0 Å². The minimum Gasteiger partial charge on any atom is -1.00 e. The van der Waals surface area contributed by atoms with Crippen LogP contribution in [0.4, 0.5) is 0 Å². The first-order valence-electron chi connectivity index (χ1n) is 5.79. The second kappa shape index (κ2) is 7.68. The molecule has 0 aliphatic rings. The van der Waals surface area contributed by atoms with E-state index in [2.05, 4.69) is 0 Å². The molecule has 2 aromatic rings. The molecule has 0 saturated carbocycles. The van der Waals surface area contributed by atoms with E-state index in [4.69, 9.17) is 16.7 Å². The van der Waals surface area contributed by atoms with Gasteiger partial charge in [0.1, 0.15) is 0 Å². The number of benzene rings is 1. The van der Waals surface area contributed by atoms with Crippen LogP contribution in [0.15, 0.2) is 48.7 Å². The van der Waals surface area contributed by atoms with Crippen molar-refractivity contribution in [2.45, 2.75) is 6.54 Å². The van der Waals surface area contributed by atoms with E-state index in [1.165, 1.54) is 0 Å². The largest absolute Gasteiger partial charge is 1.00 e. The fraction of sp³-hybridized carbons (Fsp3) is 0.0667. The molecule has 0 aliphatic heterocycles. The van der Waals surface area contributed by atoms with Crippen LogP contribution in [0.2, 0.25) is 5.02 Å². The summed E-state index contributed by atoms with van der Waals surface area (Å²) in [5.74, 6) is -0.867. The third kappa shape index (κ3) is 4.68. The SMILES string of the molecule is O=C(O)C[n+]1ccccc1/C=C/c1cccc(Cl)c1.[Cl-]. The highest BCUT2D eigenvalue weighted by Gasteiger charge is 2.10. The molecule has 0 aliphatic carbocycles. The molecular weight excluding hydrogens is 297 g/mol. The maximum absolute atomic E-state index is 10.8. The van der Waals surface area contributed by atoms with E-state index in [0.717, 1.165) is 11.3 Å². The molecular formula is C15H13Cl2NO2. The van der Waals surface area contributed by atoms with Crippen molar-refractivity contribution in [2.24, 2.45) is 0 Å². The van der Waals surface area contributed by atoms with Crippen LogP contribution < -0.4 is 17.0 Å². The molecule has 20 heavy (non-hydrogen) atoms. The number of pyridine rings is 1. The molecule has 0 spiro atoms. The zero-order chi connectivity index (χ0) is 13.7. The molecule has 0 saturated heterocycles. The summed E-state index contributed by atoms with van der Waals surface area (Å²) in [4.78, 5) is 10.8. The van der Waals surface area contributed by atoms with Crippen LogP contribution in [-0.4, -0.2) is 11.1 Å². The molecule has 0 unspecified atom stereocenters. The van der Waals surface area contributed by atoms with Crippen molar-refractivity contribution in [2.75, 3.05) is 0 Å². The van der Waals surface area contributed by atoms with Crippen molar-refractivity contribution < 1.29 is 26.9 Å². The molecule has 2 rings (SSSR count). The predicted octanol–water partition coefficient (Wildman–Crippen LogP) is -0.114. The standard InChI is InChI=1S/C15H12ClNO2.ClH/c16-13-5-3-4-12(10-13)7-8-14-6-1-2-9-17(14)11-15(18)19;/h1-10H,11H2;1H/b8-7+;. The molecule has 3 nitrogen and oxygen atoms in total. The highest BCUT2D eigenvalue weighted by atomic mass is 35.5. The normalized spacial score (nSPS) is 10.2. The van der Waals surface area contributed by atoms with E-state index < -0.39 is 5.97 Å². The van der Waals surface area contributed by atoms with Crippen molar-refractivity contribution in [1.82, 2.24) is 0 Å². The number of nitrogens with zero attached hydrogens (tertiary/aromatic N) is 1. The third-order valence-corrected chi connectivity index (χ3v) is 2.81. The van der Waals surface area contributed by atoms with Crippen molar-refractivity contribution in [1.29, 1.82) is 0 Å². The molecule has 5 heteroatoms. The lowest BCUT2D eigenvalue weighted by molar-refractivity contribution is -0.687. The summed E-state index contributed by atoms with van der Waals surface area (Å²) >= 11 is 5.91. The number of aliphatic carboxylic acids is 1. The second-order valence-electron chi connectivity index (χ2n) is 4.04. The van der Waals surface area contributed by atoms with Gasteiger partial charge in [-0.3, -0.25) is 0 Å². The number of carbonyl (C=O) groups is 1. The summed E-state index contributed by atoms with van der Waals surface area (Å²) in [6.07, 6.45) is 5.51. The van der Waals surface area contributed by atoms with Crippen LogP contribution in [0.1, 0.15) is 11.3 Å². The summed E-state index contributed by atoms with van der Waals surface area (Å²) in [7, 11) is 0. The van der Waals surface area contributed by atoms with Gasteiger partial charge in [0.05, 0.1) is 0 Å². The number of rotatable bonds is 4. The molecule has 0 amide bonds. The first kappa shape index (κ1) is 16.2. The number of aromatic nitrogens is 1. The van der Waals surface area contributed by atoms with Gasteiger partial charge in [0.15, 0.2) is 6.20 Å². The van der Waals surface area contributed by atoms with Gasteiger partial charge in [-0.1, -0.05) is 23.7 Å². The highest BCUT2D eigenvalue weighted by molar-refractivity contribution is 6.30. The number of halogens is 2. The van der Waals surface area contributed by atoms with Gasteiger partial charge < -0.3 is 17.5 Å². The fourth-order valence-electron chi connectivity index (χ4n) is 1.72. The molecule has 104 valence electrons. The summed E-state index contributed by atoms with van der Waals surface area (Å²) in [5.41, 5.74) is 1.79. The third-order valence-electron chi connectivity index (χ3n) is 2.58. The van der Waals surface area contributed by atoms with Gasteiger partial charge in [-0.25, -0.2) is 4.79 Å². The first-order chi connectivity index (χ1) is 9.15. The molecule has 1 aromatic carbocycles. The number of hydrogen-bond acceptors (Lipinski definition) is 1. The van der Waals surface area contributed by atoms with Gasteiger partial charge in [0.2, 0.25) is 12.2 Å². The van der Waals surface area contributed by atoms with Gasteiger partial charge >= 0.3 is 5.97 Å². The van der Waals surface area contributed by atoms with E-state index >= 15 is 0 Å². The lowest BCUT2D eigenvalue weighted by Crippen LogP contribution is -3.00. The van der Waals surface area contributed by atoms with Crippen LogP contribution in [0, 0.1) is 0 Å². The molecule has 1 N–H and O–H groups in total. The Balaban J connectivity index is 0.00000200. The van der Waals surface area contributed by atoms with Gasteiger partial charge in [0.25, 0.3) is 0 Å². The van der Waals surface area contributed by atoms with E-state index in [1.807, 2.05) is 48.6 Å². The maximum atomic E-state index is 10.8. The van der Waals surface area contributed by atoms with E-state index in [-0.39, 0.29) is 19.0 Å². The monoisotopic (exact) mass is 309 g/mol. The summed E-state index contributed by atoms with van der Waals surface area (Å²) in [5, 5.41) is 9.53. The lowest BCUT2D eigenvalue weighted by atomic mass is 10.2. The predicted molar refractivity (Wildman–Crippen MR) is 74.7 cm³/mol. The van der Waals surface area contributed by atoms with Crippen molar-refractivity contribution in [3.05, 3.63) is 64.9 Å². The van der Waals surface area contributed by atoms with E-state index in [1.54, 1.807) is 16.8 Å². The first-order valence-corrected chi connectivity index (χ1v) is 6.17. The zero-order valence-electron chi connectivity index (χ0n) is 10.5. The minimum atomic E-state index is -0.867. The summed E-state index contributed by atoms with van der Waals surface area (Å²) in [6.45, 7) is -0.0595. The molecule has 0 bridgehead atoms. The van der Waals surface area contributed by atoms with E-state index in [0.29, 0.717) is 5.02 Å². The molecule has 1 aromatic heterocycles. The minimum absolute atomic E-state index is 0. The van der Waals surface area contributed by atoms with E-state index in [9.17, 15) is 4.79 Å². The Labute approximate surface area is 128 Å². The Hall–Kier alpha value is -1.84. The smallest absolute Gasteiger partial charge is 0.370 e. The Kier molecular flexibility index (Phi) is 6.22. The van der Waals surface area contributed by atoms with Gasteiger partial charge in [-0.05, 0) is 29.8 Å². The van der Waals surface area contributed by atoms with Crippen LogP contribution in [-0.2, 0) is 11.3 Å². The average Bonchev–Trinajstić information content (AvgIpc) is 2.37. The van der Waals surface area contributed by atoms with Crippen molar-refractivity contribution >= 4 is 29.7 Å². The lowest BCUT2D eigenvalue weighted by Gasteiger charge is -1.97. The molecule has 0 atom stereocenters. The quantitative estimate of drug-likeness (QED) is 0.801. The van der Waals surface area contributed by atoms with Crippen LogP contribution >= 0.6 is 11.6 Å². The van der Waals surface area contributed by atoms with Crippen molar-refractivity contribution in [3.63, 3.8) is 0 Å². The Bertz CT molecular complexity index is 627. The highest BCUT2D eigenvalue weighted by Crippen LogP contribution is 2.12. The van der Waals surface area contributed by atoms with Crippen LogP contribution in [0.25, 0.3) is 12.2 Å². The van der Waals surface area contributed by atoms with Gasteiger partial charge in [-0.15, -0.1) is 0 Å². The Morgan fingerprint density at radius 3 is 2.70 bits per heavy atom. The van der Waals surface area contributed by atoms with Crippen LogP contribution in [0.5, 0.6) is 0 Å². The Morgan fingerprint density at radius 1 is 1.20 bits per heavy atom. The number of carboxylic acid groups (broad SMARTS) is 1. The summed E-state index contributed by atoms with van der Waals surface area (Å²) in [6, 6.07) is 13.0. The van der Waals surface area contributed by atoms with Gasteiger partial charge in [0, 0.05) is 23.2 Å². The van der Waals surface area contributed by atoms with Gasteiger partial charge in [-0.2, -0.15) is 4.57 Å². The van der Waals surface area contributed by atoms with Crippen molar-refractivity contribution in [3.8, 4) is 0 Å². The summed E-state index contributed by atoms with van der Waals surface area (Å²) < 4.78 is 1.67. The Morgan fingerprint density at radius 2 is 2.00 bits per heavy atom. The zero-order valence-corrected chi connectivity index (χ0v) is 12.1.